The zero-order valence-corrected chi connectivity index (χ0v) is 7.09. The molecule has 0 saturated carbocycles. The molecule has 2 heteroatoms. The molecule has 3 N–H and O–H groups in total. The van der Waals surface area contributed by atoms with Crippen LogP contribution in [0, 0.1) is 0 Å². The van der Waals surface area contributed by atoms with Crippen LogP contribution >= 0.6 is 0 Å². The fourth-order valence-electron chi connectivity index (χ4n) is 1.50. The lowest BCUT2D eigenvalue weighted by Gasteiger charge is -1.91. The maximum absolute atomic E-state index is 5.92. The smallest absolute Gasteiger partial charge is 0.0604 e. The Morgan fingerprint density at radius 2 is 2.08 bits per heavy atom. The molecule has 2 aromatic rings. The molecule has 2 rings (SSSR count). The fourth-order valence-corrected chi connectivity index (χ4v) is 1.50. The minimum Gasteiger partial charge on any atom is -0.397 e. The van der Waals surface area contributed by atoms with Crippen molar-refractivity contribution in [2.45, 2.75) is 13.3 Å². The maximum atomic E-state index is 5.92. The summed E-state index contributed by atoms with van der Waals surface area (Å²) in [6, 6.07) is 8.11. The third kappa shape index (κ3) is 0.881. The average molecular weight is 160 g/mol. The predicted octanol–water partition coefficient (Wildman–Crippen LogP) is 2.31. The average Bonchev–Trinajstić information content (AvgIpc) is 2.44. The molecule has 1 aromatic carbocycles. The number of rotatable bonds is 1. The van der Waals surface area contributed by atoms with Crippen LogP contribution in [0.2, 0.25) is 0 Å². The maximum Gasteiger partial charge on any atom is 0.0604 e. The number of H-pyrrole nitrogens is 1. The van der Waals surface area contributed by atoms with Crippen molar-refractivity contribution < 1.29 is 0 Å². The molecule has 0 amide bonds. The molecular formula is C10H12N2. The highest BCUT2D eigenvalue weighted by Gasteiger charge is 2.04. The van der Waals surface area contributed by atoms with Crippen LogP contribution in [0.25, 0.3) is 10.9 Å². The molecule has 0 fully saturated rings. The van der Waals surface area contributed by atoms with E-state index in [1.807, 2.05) is 24.3 Å². The van der Waals surface area contributed by atoms with Gasteiger partial charge in [0.25, 0.3) is 0 Å². The SMILES string of the molecule is CCc1[nH]c2ccccc2c1N. The van der Waals surface area contributed by atoms with E-state index < -0.39 is 0 Å². The number of benzene rings is 1. The second kappa shape index (κ2) is 2.55. The number of hydrogen-bond donors (Lipinski definition) is 2. The van der Waals surface area contributed by atoms with Crippen LogP contribution in [0.4, 0.5) is 5.69 Å². The van der Waals surface area contributed by atoms with E-state index in [0.29, 0.717) is 0 Å². The number of hydrogen-bond acceptors (Lipinski definition) is 1. The Hall–Kier alpha value is -1.44. The van der Waals surface area contributed by atoms with Crippen LogP contribution in [-0.2, 0) is 6.42 Å². The third-order valence-electron chi connectivity index (χ3n) is 2.18. The summed E-state index contributed by atoms with van der Waals surface area (Å²) < 4.78 is 0. The Morgan fingerprint density at radius 3 is 2.75 bits per heavy atom. The summed E-state index contributed by atoms with van der Waals surface area (Å²) in [4.78, 5) is 3.29. The van der Waals surface area contributed by atoms with Crippen molar-refractivity contribution >= 4 is 16.6 Å². The highest BCUT2D eigenvalue weighted by Crippen LogP contribution is 2.24. The zero-order chi connectivity index (χ0) is 8.55. The van der Waals surface area contributed by atoms with Gasteiger partial charge in [0.05, 0.1) is 5.69 Å². The first-order chi connectivity index (χ1) is 5.83. The van der Waals surface area contributed by atoms with Gasteiger partial charge in [-0.25, -0.2) is 0 Å². The van der Waals surface area contributed by atoms with Gasteiger partial charge in [-0.2, -0.15) is 0 Å². The molecule has 0 aliphatic carbocycles. The summed E-state index contributed by atoms with van der Waals surface area (Å²) >= 11 is 0. The third-order valence-corrected chi connectivity index (χ3v) is 2.18. The Labute approximate surface area is 71.4 Å². The van der Waals surface area contributed by atoms with Gasteiger partial charge < -0.3 is 10.7 Å². The Bertz CT molecular complexity index is 401. The number of aryl methyl sites for hydroxylation is 1. The molecule has 2 nitrogen and oxygen atoms in total. The minimum absolute atomic E-state index is 0.896. The van der Waals surface area contributed by atoms with Crippen molar-refractivity contribution in [2.24, 2.45) is 0 Å². The van der Waals surface area contributed by atoms with E-state index in [-0.39, 0.29) is 0 Å². The quantitative estimate of drug-likeness (QED) is 0.660. The lowest BCUT2D eigenvalue weighted by molar-refractivity contribution is 1.08. The van der Waals surface area contributed by atoms with E-state index >= 15 is 0 Å². The number of nitrogen functional groups attached to an aromatic ring is 1. The van der Waals surface area contributed by atoms with Crippen molar-refractivity contribution in [3.8, 4) is 0 Å². The second-order valence-corrected chi connectivity index (χ2v) is 2.92. The van der Waals surface area contributed by atoms with E-state index in [9.17, 15) is 0 Å². The lowest BCUT2D eigenvalue weighted by atomic mass is 10.2. The van der Waals surface area contributed by atoms with Gasteiger partial charge >= 0.3 is 0 Å². The summed E-state index contributed by atoms with van der Waals surface area (Å²) in [6.45, 7) is 2.10. The summed E-state index contributed by atoms with van der Waals surface area (Å²) in [7, 11) is 0. The van der Waals surface area contributed by atoms with Gasteiger partial charge in [0.2, 0.25) is 0 Å². The summed E-state index contributed by atoms with van der Waals surface area (Å²) in [6.07, 6.45) is 0.959. The number of nitrogens with one attached hydrogen (secondary N) is 1. The standard InChI is InChI=1S/C10H12N2/c1-2-8-10(11)7-5-3-4-6-9(7)12-8/h3-6,12H,2,11H2,1H3. The molecule has 0 aliphatic rings. The van der Waals surface area contributed by atoms with Crippen LogP contribution in [0.3, 0.4) is 0 Å². The molecule has 0 saturated heterocycles. The van der Waals surface area contributed by atoms with Gasteiger partial charge in [-0.1, -0.05) is 25.1 Å². The predicted molar refractivity (Wildman–Crippen MR) is 52.1 cm³/mol. The van der Waals surface area contributed by atoms with E-state index in [1.54, 1.807) is 0 Å². The number of nitrogens with two attached hydrogens (primary N) is 1. The summed E-state index contributed by atoms with van der Waals surface area (Å²) in [5.41, 5.74) is 9.08. The van der Waals surface area contributed by atoms with Crippen molar-refractivity contribution in [1.29, 1.82) is 0 Å². The normalized spacial score (nSPS) is 10.8. The number of fused-ring (bicyclic) bond motifs is 1. The van der Waals surface area contributed by atoms with Crippen LogP contribution in [-0.4, -0.2) is 4.98 Å². The van der Waals surface area contributed by atoms with Crippen LogP contribution in [0.15, 0.2) is 24.3 Å². The van der Waals surface area contributed by atoms with Crippen LogP contribution < -0.4 is 5.73 Å². The fraction of sp³-hybridized carbons (Fsp3) is 0.200. The van der Waals surface area contributed by atoms with Gasteiger partial charge in [0.1, 0.15) is 0 Å². The first-order valence-electron chi connectivity index (χ1n) is 4.18. The van der Waals surface area contributed by atoms with Crippen LogP contribution in [0.5, 0.6) is 0 Å². The molecule has 0 spiro atoms. The van der Waals surface area contributed by atoms with Crippen molar-refractivity contribution in [1.82, 2.24) is 4.98 Å². The van der Waals surface area contributed by atoms with Gasteiger partial charge in [-0.3, -0.25) is 0 Å². The summed E-state index contributed by atoms with van der Waals surface area (Å²) in [5, 5.41) is 1.13. The zero-order valence-electron chi connectivity index (χ0n) is 7.09. The topological polar surface area (TPSA) is 41.8 Å². The van der Waals surface area contributed by atoms with Crippen molar-refractivity contribution in [3.63, 3.8) is 0 Å². The Morgan fingerprint density at radius 1 is 1.33 bits per heavy atom. The molecule has 0 unspecified atom stereocenters. The Kier molecular flexibility index (Phi) is 1.54. The largest absolute Gasteiger partial charge is 0.397 e. The van der Waals surface area contributed by atoms with Gasteiger partial charge in [0.15, 0.2) is 0 Å². The number of anilines is 1. The number of para-hydroxylation sites is 1. The van der Waals surface area contributed by atoms with Crippen molar-refractivity contribution in [2.75, 3.05) is 5.73 Å². The van der Waals surface area contributed by atoms with Gasteiger partial charge in [-0.15, -0.1) is 0 Å². The summed E-state index contributed by atoms with van der Waals surface area (Å²) in [5.74, 6) is 0. The first-order valence-corrected chi connectivity index (χ1v) is 4.18. The monoisotopic (exact) mass is 160 g/mol. The molecule has 0 bridgehead atoms. The number of aromatic nitrogens is 1. The molecule has 1 heterocycles. The second-order valence-electron chi connectivity index (χ2n) is 2.92. The molecule has 0 radical (unpaired) electrons. The van der Waals surface area contributed by atoms with E-state index in [2.05, 4.69) is 11.9 Å². The molecule has 0 atom stereocenters. The Balaban J connectivity index is 2.78. The molecular weight excluding hydrogens is 148 g/mol. The highest BCUT2D eigenvalue weighted by atomic mass is 14.8. The van der Waals surface area contributed by atoms with E-state index in [4.69, 9.17) is 5.73 Å². The van der Waals surface area contributed by atoms with Gasteiger partial charge in [-0.05, 0) is 12.5 Å². The van der Waals surface area contributed by atoms with Gasteiger partial charge in [0, 0.05) is 16.6 Å². The molecule has 1 aromatic heterocycles. The molecule has 62 valence electrons. The lowest BCUT2D eigenvalue weighted by Crippen LogP contribution is -1.88. The van der Waals surface area contributed by atoms with E-state index in [0.717, 1.165) is 28.7 Å². The first kappa shape index (κ1) is 7.22. The van der Waals surface area contributed by atoms with E-state index in [1.165, 1.54) is 0 Å². The number of aromatic amines is 1. The van der Waals surface area contributed by atoms with Crippen LogP contribution in [0.1, 0.15) is 12.6 Å². The molecule has 0 aliphatic heterocycles. The van der Waals surface area contributed by atoms with Crippen molar-refractivity contribution in [3.05, 3.63) is 30.0 Å². The minimum atomic E-state index is 0.896. The molecule has 12 heavy (non-hydrogen) atoms. The highest BCUT2D eigenvalue weighted by molar-refractivity contribution is 5.93.